The Hall–Kier alpha value is -2.04. The Labute approximate surface area is 99.9 Å². The van der Waals surface area contributed by atoms with Crippen molar-refractivity contribution in [2.75, 3.05) is 11.9 Å². The second-order valence-electron chi connectivity index (χ2n) is 3.54. The summed E-state index contributed by atoms with van der Waals surface area (Å²) in [6, 6.07) is 9.26. The number of hydrogen-bond acceptors (Lipinski definition) is 3. The Bertz CT molecular complexity index is 365. The zero-order valence-corrected chi connectivity index (χ0v) is 9.52. The summed E-state index contributed by atoms with van der Waals surface area (Å²) in [5.74, 6) is -0.0460. The Morgan fingerprint density at radius 1 is 1.18 bits per heavy atom. The summed E-state index contributed by atoms with van der Waals surface area (Å²) in [6.07, 6.45) is 0.910. The molecule has 0 atom stereocenters. The predicted octanol–water partition coefficient (Wildman–Crippen LogP) is 1.89. The SMILES string of the molecule is NC(=O)OCCCCC(=O)Nc1ccccc1. The number of carbonyl (C=O) groups excluding carboxylic acids is 2. The van der Waals surface area contributed by atoms with Crippen molar-refractivity contribution in [2.45, 2.75) is 19.3 Å². The number of rotatable bonds is 6. The molecule has 1 aromatic carbocycles. The number of primary amides is 1. The van der Waals surface area contributed by atoms with E-state index < -0.39 is 6.09 Å². The molecule has 0 aliphatic carbocycles. The molecule has 0 spiro atoms. The lowest BCUT2D eigenvalue weighted by Gasteiger charge is -2.04. The lowest BCUT2D eigenvalue weighted by molar-refractivity contribution is -0.116. The van der Waals surface area contributed by atoms with Crippen LogP contribution >= 0.6 is 0 Å². The molecule has 0 fully saturated rings. The molecule has 0 aliphatic rings. The summed E-state index contributed by atoms with van der Waals surface area (Å²) >= 11 is 0. The Balaban J connectivity index is 2.12. The van der Waals surface area contributed by atoms with E-state index in [-0.39, 0.29) is 12.5 Å². The average molecular weight is 236 g/mol. The van der Waals surface area contributed by atoms with E-state index in [0.717, 1.165) is 5.69 Å². The highest BCUT2D eigenvalue weighted by Gasteiger charge is 2.02. The molecule has 17 heavy (non-hydrogen) atoms. The Kier molecular flexibility index (Phi) is 5.57. The van der Waals surface area contributed by atoms with Gasteiger partial charge in [-0.1, -0.05) is 18.2 Å². The van der Waals surface area contributed by atoms with Crippen molar-refractivity contribution in [3.05, 3.63) is 30.3 Å². The van der Waals surface area contributed by atoms with Crippen LogP contribution in [0.3, 0.4) is 0 Å². The highest BCUT2D eigenvalue weighted by atomic mass is 16.5. The van der Waals surface area contributed by atoms with Gasteiger partial charge in [-0.05, 0) is 25.0 Å². The summed E-state index contributed by atoms with van der Waals surface area (Å²) in [5.41, 5.74) is 5.58. The van der Waals surface area contributed by atoms with Crippen LogP contribution in [0.15, 0.2) is 30.3 Å². The minimum Gasteiger partial charge on any atom is -0.450 e. The standard InChI is InChI=1S/C12H16N2O3/c13-12(16)17-9-5-4-8-11(15)14-10-6-2-1-3-7-10/h1-3,6-7H,4-5,8-9H2,(H2,13,16)(H,14,15). The third-order valence-corrected chi connectivity index (χ3v) is 2.10. The lowest BCUT2D eigenvalue weighted by atomic mass is 10.2. The fourth-order valence-corrected chi connectivity index (χ4v) is 1.31. The van der Waals surface area contributed by atoms with Gasteiger partial charge in [0.05, 0.1) is 6.61 Å². The number of para-hydroxylation sites is 1. The van der Waals surface area contributed by atoms with Crippen LogP contribution in [0, 0.1) is 0 Å². The monoisotopic (exact) mass is 236 g/mol. The molecule has 0 aliphatic heterocycles. The first-order valence-corrected chi connectivity index (χ1v) is 5.45. The molecule has 1 aromatic rings. The first kappa shape index (κ1) is 13.0. The molecule has 0 aromatic heterocycles. The number of nitrogens with two attached hydrogens (primary N) is 1. The van der Waals surface area contributed by atoms with Crippen molar-refractivity contribution < 1.29 is 14.3 Å². The molecular weight excluding hydrogens is 220 g/mol. The molecule has 2 amide bonds. The molecule has 0 saturated heterocycles. The van der Waals surface area contributed by atoms with Crippen molar-refractivity contribution in [2.24, 2.45) is 5.73 Å². The van der Waals surface area contributed by atoms with E-state index in [2.05, 4.69) is 10.1 Å². The van der Waals surface area contributed by atoms with E-state index in [0.29, 0.717) is 19.3 Å². The highest BCUT2D eigenvalue weighted by molar-refractivity contribution is 5.90. The summed E-state index contributed by atoms with van der Waals surface area (Å²) in [7, 11) is 0. The van der Waals surface area contributed by atoms with Crippen molar-refractivity contribution in [1.29, 1.82) is 0 Å². The first-order valence-electron chi connectivity index (χ1n) is 5.45. The highest BCUT2D eigenvalue weighted by Crippen LogP contribution is 2.06. The third kappa shape index (κ3) is 6.19. The van der Waals surface area contributed by atoms with E-state index in [1.165, 1.54) is 0 Å². The second kappa shape index (κ2) is 7.27. The number of benzene rings is 1. The van der Waals surface area contributed by atoms with Crippen LogP contribution in [0.5, 0.6) is 0 Å². The number of anilines is 1. The van der Waals surface area contributed by atoms with Crippen LogP contribution < -0.4 is 11.1 Å². The van der Waals surface area contributed by atoms with E-state index >= 15 is 0 Å². The zero-order chi connectivity index (χ0) is 12.5. The molecule has 0 bridgehead atoms. The van der Waals surface area contributed by atoms with E-state index in [9.17, 15) is 9.59 Å². The zero-order valence-electron chi connectivity index (χ0n) is 9.52. The van der Waals surface area contributed by atoms with Gasteiger partial charge in [-0.3, -0.25) is 4.79 Å². The van der Waals surface area contributed by atoms with Crippen LogP contribution in [-0.2, 0) is 9.53 Å². The smallest absolute Gasteiger partial charge is 0.404 e. The van der Waals surface area contributed by atoms with Gasteiger partial charge < -0.3 is 15.8 Å². The third-order valence-electron chi connectivity index (χ3n) is 2.10. The number of unbranched alkanes of at least 4 members (excludes halogenated alkanes) is 1. The number of amides is 2. The van der Waals surface area contributed by atoms with Gasteiger partial charge in [0.2, 0.25) is 5.91 Å². The van der Waals surface area contributed by atoms with Gasteiger partial charge in [0.1, 0.15) is 0 Å². The molecule has 0 radical (unpaired) electrons. The topological polar surface area (TPSA) is 81.4 Å². The normalized spacial score (nSPS) is 9.65. The molecule has 1 rings (SSSR count). The number of ether oxygens (including phenoxy) is 1. The molecule has 0 heterocycles. The maximum Gasteiger partial charge on any atom is 0.404 e. The van der Waals surface area contributed by atoms with Crippen LogP contribution in [0.4, 0.5) is 10.5 Å². The van der Waals surface area contributed by atoms with Gasteiger partial charge in [0, 0.05) is 12.1 Å². The van der Waals surface area contributed by atoms with Gasteiger partial charge in [0.25, 0.3) is 0 Å². The Morgan fingerprint density at radius 2 is 1.88 bits per heavy atom. The van der Waals surface area contributed by atoms with Crippen molar-refractivity contribution in [1.82, 2.24) is 0 Å². The van der Waals surface area contributed by atoms with E-state index in [1.807, 2.05) is 30.3 Å². The minimum absolute atomic E-state index is 0.0460. The second-order valence-corrected chi connectivity index (χ2v) is 3.54. The van der Waals surface area contributed by atoms with Gasteiger partial charge in [-0.2, -0.15) is 0 Å². The summed E-state index contributed by atoms with van der Waals surface area (Å²) < 4.78 is 4.55. The molecule has 3 N–H and O–H groups in total. The molecular formula is C12H16N2O3. The number of hydrogen-bond donors (Lipinski definition) is 2. The quantitative estimate of drug-likeness (QED) is 0.740. The van der Waals surface area contributed by atoms with E-state index in [4.69, 9.17) is 5.73 Å². The van der Waals surface area contributed by atoms with Crippen molar-refractivity contribution in [3.8, 4) is 0 Å². The summed E-state index contributed by atoms with van der Waals surface area (Å²) in [4.78, 5) is 21.7. The van der Waals surface area contributed by atoms with Gasteiger partial charge in [-0.15, -0.1) is 0 Å². The van der Waals surface area contributed by atoms with Gasteiger partial charge in [-0.25, -0.2) is 4.79 Å². The molecule has 0 saturated carbocycles. The van der Waals surface area contributed by atoms with Crippen LogP contribution in [0.25, 0.3) is 0 Å². The predicted molar refractivity (Wildman–Crippen MR) is 64.5 cm³/mol. The fourth-order valence-electron chi connectivity index (χ4n) is 1.31. The average Bonchev–Trinajstić information content (AvgIpc) is 2.29. The maximum absolute atomic E-state index is 11.5. The van der Waals surface area contributed by atoms with Crippen molar-refractivity contribution >= 4 is 17.7 Å². The summed E-state index contributed by atoms with van der Waals surface area (Å²) in [6.45, 7) is 0.258. The van der Waals surface area contributed by atoms with E-state index in [1.54, 1.807) is 0 Å². The van der Waals surface area contributed by atoms with Crippen LogP contribution in [0.1, 0.15) is 19.3 Å². The number of nitrogens with one attached hydrogen (secondary N) is 1. The lowest BCUT2D eigenvalue weighted by Crippen LogP contribution is -2.14. The maximum atomic E-state index is 11.5. The Morgan fingerprint density at radius 3 is 2.53 bits per heavy atom. The fraction of sp³-hybridized carbons (Fsp3) is 0.333. The minimum atomic E-state index is -0.779. The van der Waals surface area contributed by atoms with Crippen LogP contribution in [-0.4, -0.2) is 18.6 Å². The van der Waals surface area contributed by atoms with Crippen LogP contribution in [0.2, 0.25) is 0 Å². The molecule has 0 unspecified atom stereocenters. The first-order chi connectivity index (χ1) is 8.18. The largest absolute Gasteiger partial charge is 0.450 e. The summed E-state index contributed by atoms with van der Waals surface area (Å²) in [5, 5.41) is 2.77. The molecule has 5 nitrogen and oxygen atoms in total. The number of carbonyl (C=O) groups is 2. The molecule has 5 heteroatoms. The van der Waals surface area contributed by atoms with Gasteiger partial charge >= 0.3 is 6.09 Å². The van der Waals surface area contributed by atoms with Gasteiger partial charge in [0.15, 0.2) is 0 Å². The molecule has 92 valence electrons. The van der Waals surface area contributed by atoms with Crippen molar-refractivity contribution in [3.63, 3.8) is 0 Å².